The van der Waals surface area contributed by atoms with E-state index in [0.29, 0.717) is 22.0 Å². The van der Waals surface area contributed by atoms with Gasteiger partial charge in [-0.15, -0.1) is 0 Å². The standard InChI is InChI=1S/C78H118N20O15S2/c1-42(99)65(63(105)37-49(20-14-30-90-75(84)85)69(109)98-66(72(112)113)77(3,4)5)97-71(111)53(78(6,7)115)39-62(104)56(26-27-64(79)106)95-70(110)50(34-51-40-92-54-22-11-10-21-52(51)54)38-60(102)57(33-44-24-25-45-16-8-9-17-46(45)32-44)96-68(108)47(18-12-28-88-73(80)81)35-59(101)55(23-15-31-91-76(86)87)94-67(107)48(19-13-29-89-74(82)83)36-61(103)58(41-114)93-43(2)100/h8-11,16-17,21-22,24-25,32,40,42,47-50,53,55-58,65-66,92,99,114-115H,12-15,18-20,23,26-31,33-39,41H2,1-7H3,(H2,79,106)(H,93,100)(H,94,107)(H,95,110)(H,96,108)(H,97,111)(H,98,109)(H,112,113)(H4,80,81,88)(H4,82,83,89)(H4,84,85,90)(H4,86,87,91)/t42-,47-,48-,49-,50-,53-,55-,56+,57+,58+,65+,66-/m1/s1. The van der Waals surface area contributed by atoms with Crippen LogP contribution in [0.5, 0.6) is 0 Å². The molecular formula is C78H118N20O15S2. The number of thiol groups is 2. The molecule has 0 bridgehead atoms. The lowest BCUT2D eigenvalue weighted by Crippen LogP contribution is -2.54. The number of aliphatic hydroxyl groups is 1. The molecule has 37 heteroatoms. The number of aromatic amines is 1. The Morgan fingerprint density at radius 1 is 0.487 bits per heavy atom. The second-order valence-electron chi connectivity index (χ2n) is 30.6. The van der Waals surface area contributed by atoms with Crippen molar-refractivity contribution in [1.82, 2.24) is 36.9 Å². The SMILES string of the molecule is CC(=O)N[C@@H](CS)C(=O)C[C@@H](CCCN=C(N)N)C(=O)N[C@H](CCCN=C(N)N)C(=O)C[C@@H](CCCN=C(N)N)C(=O)N[C@@H](Cc1ccc2ccccc2c1)C(=O)C[C@@H](Cc1c[nH]c2ccccc12)C(=O)N[C@@H](CCC(N)=O)C(=O)C[C@H](C(=O)N[C@H](C(=O)C[C@@H](CCCN=C(N)N)C(=O)N[C@H](C(=O)O)C(C)(C)C)[C@@H](C)O)C(C)(C)S. The number of primary amides is 1. The number of H-pyrrole nitrogens is 1. The first-order chi connectivity index (χ1) is 54.0. The number of nitrogens with two attached hydrogens (primary N) is 9. The molecule has 0 saturated heterocycles. The summed E-state index contributed by atoms with van der Waals surface area (Å²) >= 11 is 8.96. The number of carboxylic acid groups (broad SMARTS) is 1. The zero-order valence-corrected chi connectivity index (χ0v) is 68.3. The molecule has 0 spiro atoms. The summed E-state index contributed by atoms with van der Waals surface area (Å²) in [6.45, 7) is 10.3. The van der Waals surface area contributed by atoms with Crippen LogP contribution in [-0.2, 0) is 75.2 Å². The number of nitrogens with one attached hydrogen (secondary N) is 7. The van der Waals surface area contributed by atoms with Crippen LogP contribution in [0, 0.1) is 35.0 Å². The van der Waals surface area contributed by atoms with Crippen LogP contribution in [-0.4, -0.2) is 194 Å². The Kier molecular flexibility index (Phi) is 39.7. The van der Waals surface area contributed by atoms with Gasteiger partial charge in [-0.25, -0.2) is 4.79 Å². The first-order valence-electron chi connectivity index (χ1n) is 38.2. The van der Waals surface area contributed by atoms with E-state index in [4.69, 9.17) is 64.2 Å². The van der Waals surface area contributed by atoms with Gasteiger partial charge in [0.2, 0.25) is 41.4 Å². The smallest absolute Gasteiger partial charge is 0.326 e. The third-order valence-corrected chi connectivity index (χ3v) is 20.2. The van der Waals surface area contributed by atoms with Crippen LogP contribution in [0.4, 0.5) is 0 Å². The topological polar surface area (TPSA) is 634 Å². The van der Waals surface area contributed by atoms with Gasteiger partial charge in [-0.3, -0.25) is 77.5 Å². The number of Topliss-reactive ketones (excluding diaryl/α,β-unsaturated/α-hetero) is 5. The van der Waals surface area contributed by atoms with Crippen LogP contribution in [0.1, 0.15) is 156 Å². The number of para-hydroxylation sites is 1. The third-order valence-electron chi connectivity index (χ3n) is 19.5. The lowest BCUT2D eigenvalue weighted by atomic mass is 9.84. The highest BCUT2D eigenvalue weighted by Gasteiger charge is 2.42. The summed E-state index contributed by atoms with van der Waals surface area (Å²) in [5.74, 6) is -18.0. The minimum absolute atomic E-state index is 0.00963. The van der Waals surface area contributed by atoms with Gasteiger partial charge in [0.1, 0.15) is 12.1 Å². The number of nitrogens with zero attached hydrogens (tertiary/aromatic N) is 4. The lowest BCUT2D eigenvalue weighted by Gasteiger charge is -2.32. The number of aliphatic hydroxyl groups excluding tert-OH is 1. The molecule has 4 rings (SSSR count). The number of aromatic nitrogens is 1. The largest absolute Gasteiger partial charge is 0.480 e. The van der Waals surface area contributed by atoms with Gasteiger partial charge in [-0.05, 0) is 111 Å². The molecular weight excluding hydrogens is 1520 g/mol. The number of hydrogen-bond donors (Lipinski definition) is 20. The van der Waals surface area contributed by atoms with Crippen molar-refractivity contribution in [2.75, 3.05) is 31.9 Å². The molecule has 0 aliphatic rings. The Hall–Kier alpha value is -10.7. The number of carbonyl (C=O) groups excluding carboxylic acids is 12. The number of amides is 7. The molecule has 0 saturated carbocycles. The third kappa shape index (κ3) is 34.1. The number of benzene rings is 3. The summed E-state index contributed by atoms with van der Waals surface area (Å²) in [6.07, 6.45) is -3.72. The first kappa shape index (κ1) is 96.7. The van der Waals surface area contributed by atoms with Gasteiger partial charge in [-0.1, -0.05) is 95.3 Å². The van der Waals surface area contributed by atoms with E-state index >= 15 is 24.0 Å². The van der Waals surface area contributed by atoms with E-state index in [1.807, 2.05) is 36.4 Å². The summed E-state index contributed by atoms with van der Waals surface area (Å²) < 4.78 is -1.42. The van der Waals surface area contributed by atoms with Crippen molar-refractivity contribution in [3.63, 3.8) is 0 Å². The number of carboxylic acids is 1. The average molecular weight is 1640 g/mol. The fourth-order valence-corrected chi connectivity index (χ4v) is 13.7. The molecule has 27 N–H and O–H groups in total. The van der Waals surface area contributed by atoms with Gasteiger partial charge in [0, 0.05) is 123 Å². The van der Waals surface area contributed by atoms with Crippen molar-refractivity contribution in [2.24, 2.45) is 107 Å². The molecule has 3 aromatic carbocycles. The Morgan fingerprint density at radius 3 is 1.40 bits per heavy atom. The number of aliphatic imine (C=N–C) groups is 4. The molecule has 0 aliphatic heterocycles. The maximum absolute atomic E-state index is 15.7. The van der Waals surface area contributed by atoms with Gasteiger partial charge in [0.05, 0.1) is 36.2 Å². The molecule has 0 fully saturated rings. The fourth-order valence-electron chi connectivity index (χ4n) is 13.2. The molecule has 632 valence electrons. The highest BCUT2D eigenvalue weighted by Crippen LogP contribution is 2.31. The number of aliphatic carboxylic acids is 1. The van der Waals surface area contributed by atoms with E-state index in [0.717, 1.165) is 10.8 Å². The van der Waals surface area contributed by atoms with E-state index < -0.39 is 203 Å². The summed E-state index contributed by atoms with van der Waals surface area (Å²) in [5, 5.41) is 39.6. The van der Waals surface area contributed by atoms with Crippen molar-refractivity contribution in [3.8, 4) is 0 Å². The fraction of sp³-hybridized carbons (Fsp3) is 0.551. The van der Waals surface area contributed by atoms with Crippen LogP contribution in [0.15, 0.2) is 92.9 Å². The van der Waals surface area contributed by atoms with Crippen molar-refractivity contribution in [3.05, 3.63) is 84.1 Å². The molecule has 1 heterocycles. The maximum atomic E-state index is 15.7. The first-order valence-corrected chi connectivity index (χ1v) is 39.3. The minimum Gasteiger partial charge on any atom is -0.480 e. The Balaban J connectivity index is 1.82. The van der Waals surface area contributed by atoms with E-state index in [-0.39, 0.29) is 120 Å². The molecule has 0 aliphatic carbocycles. The molecule has 1 aromatic heterocycles. The highest BCUT2D eigenvalue weighted by atomic mass is 32.1. The summed E-state index contributed by atoms with van der Waals surface area (Å²) in [4.78, 5) is 204. The molecule has 35 nitrogen and oxygen atoms in total. The number of guanidine groups is 4. The number of fused-ring (bicyclic) bond motifs is 2. The number of hydrogen-bond acceptors (Lipinski definition) is 20. The van der Waals surface area contributed by atoms with Crippen LogP contribution in [0.25, 0.3) is 21.7 Å². The van der Waals surface area contributed by atoms with Gasteiger partial charge < -0.3 is 98.7 Å². The highest BCUT2D eigenvalue weighted by molar-refractivity contribution is 7.81. The van der Waals surface area contributed by atoms with E-state index in [1.54, 1.807) is 57.3 Å². The van der Waals surface area contributed by atoms with Crippen LogP contribution >= 0.6 is 25.3 Å². The van der Waals surface area contributed by atoms with Crippen molar-refractivity contribution in [2.45, 2.75) is 205 Å². The normalized spacial score (nSPS) is 14.6. The number of ketones is 5. The van der Waals surface area contributed by atoms with Gasteiger partial charge in [-0.2, -0.15) is 25.3 Å². The van der Waals surface area contributed by atoms with Gasteiger partial charge >= 0.3 is 5.97 Å². The predicted octanol–water partition coefficient (Wildman–Crippen LogP) is 0.542. The Labute approximate surface area is 680 Å². The Bertz CT molecular complexity index is 4160. The quantitative estimate of drug-likeness (QED) is 0.0124. The average Bonchev–Trinajstić information content (AvgIpc) is 1.80. The molecule has 7 amide bonds. The van der Waals surface area contributed by atoms with E-state index in [9.17, 15) is 48.6 Å². The molecule has 0 radical (unpaired) electrons. The second kappa shape index (κ2) is 47.2. The van der Waals surface area contributed by atoms with Crippen molar-refractivity contribution < 1.29 is 72.5 Å². The molecule has 12 atom stereocenters. The zero-order chi connectivity index (χ0) is 86.0. The van der Waals surface area contributed by atoms with Crippen molar-refractivity contribution >= 4 is 147 Å². The summed E-state index contributed by atoms with van der Waals surface area (Å²) in [5.41, 5.74) is 51.4. The molecule has 0 unspecified atom stereocenters. The molecule has 4 aromatic rings. The number of rotatable bonds is 53. The summed E-state index contributed by atoms with van der Waals surface area (Å²) in [7, 11) is 0. The second-order valence-corrected chi connectivity index (χ2v) is 32.1. The van der Waals surface area contributed by atoms with Crippen molar-refractivity contribution in [1.29, 1.82) is 0 Å². The maximum Gasteiger partial charge on any atom is 0.326 e. The Morgan fingerprint density at radius 2 is 0.922 bits per heavy atom. The van der Waals surface area contributed by atoms with Crippen LogP contribution in [0.2, 0.25) is 0 Å². The van der Waals surface area contributed by atoms with Crippen LogP contribution in [0.3, 0.4) is 0 Å². The lowest BCUT2D eigenvalue weighted by molar-refractivity contribution is -0.146. The van der Waals surface area contributed by atoms with E-state index in [1.165, 1.54) is 27.7 Å². The van der Waals surface area contributed by atoms with E-state index in [2.05, 4.69) is 69.5 Å². The van der Waals surface area contributed by atoms with Gasteiger partial charge in [0.15, 0.2) is 52.8 Å². The predicted molar refractivity (Wildman–Crippen MR) is 446 cm³/mol. The van der Waals surface area contributed by atoms with Gasteiger partial charge in [0.25, 0.3) is 0 Å². The van der Waals surface area contributed by atoms with Crippen LogP contribution < -0.4 is 83.5 Å². The number of carbonyl (C=O) groups is 13. The zero-order valence-electron chi connectivity index (χ0n) is 66.5. The summed E-state index contributed by atoms with van der Waals surface area (Å²) in [6, 6.07) is 11.3. The minimum atomic E-state index is -1.72. The molecule has 115 heavy (non-hydrogen) atoms. The monoisotopic (exact) mass is 1640 g/mol.